The predicted octanol–water partition coefficient (Wildman–Crippen LogP) is 3.74. The summed E-state index contributed by atoms with van der Waals surface area (Å²) in [7, 11) is 0. The Bertz CT molecular complexity index is 1070. The number of likely N-dealkylation sites (tertiary alicyclic amines) is 1. The number of pyridine rings is 1. The highest BCUT2D eigenvalue weighted by Gasteiger charge is 2.38. The van der Waals surface area contributed by atoms with Crippen LogP contribution in [0.25, 0.3) is 0 Å². The van der Waals surface area contributed by atoms with E-state index in [0.29, 0.717) is 31.1 Å². The van der Waals surface area contributed by atoms with E-state index in [4.69, 9.17) is 4.74 Å². The summed E-state index contributed by atoms with van der Waals surface area (Å²) in [5, 5.41) is 3.52. The third kappa shape index (κ3) is 6.85. The molecule has 0 bridgehead atoms. The number of ether oxygens (including phenoxy) is 1. The van der Waals surface area contributed by atoms with Crippen LogP contribution in [0.2, 0.25) is 0 Å². The first-order chi connectivity index (χ1) is 17.8. The highest BCUT2D eigenvalue weighted by Crippen LogP contribution is 2.32. The molecule has 3 aliphatic heterocycles. The number of rotatable bonds is 7. The largest absolute Gasteiger partial charge is 0.416 e. The molecule has 1 aromatic heterocycles. The number of carbonyl (C=O) groups is 1. The molecule has 4 heterocycles. The Morgan fingerprint density at radius 3 is 2.76 bits per heavy atom. The topological polar surface area (TPSA) is 57.7 Å². The van der Waals surface area contributed by atoms with E-state index in [2.05, 4.69) is 21.3 Å². The second-order valence-electron chi connectivity index (χ2n) is 10.1. The molecule has 2 saturated heterocycles. The smallest absolute Gasteiger partial charge is 0.381 e. The van der Waals surface area contributed by atoms with Crippen LogP contribution in [0.1, 0.15) is 35.1 Å². The lowest BCUT2D eigenvalue weighted by molar-refractivity contribution is -0.137. The quantitative estimate of drug-likeness (QED) is 0.584. The lowest BCUT2D eigenvalue weighted by Crippen LogP contribution is -2.47. The monoisotopic (exact) mass is 534 g/mol. The van der Waals surface area contributed by atoms with Crippen LogP contribution in [-0.4, -0.2) is 77.4 Å². The standard InChI is InChI=1S/C27H33F3N4O2S/c28-27(29,30)22-4-3-20-5-9-33(14-21(20)12-22)17-26(35)32-24-15-34(23-6-10-36-11-7-23)16-25(24)37-18-19-2-1-8-31-13-19/h1-4,8,12-13,23-25H,5-7,9-11,14-18H2,(H,32,35). The maximum Gasteiger partial charge on any atom is 0.416 e. The van der Waals surface area contributed by atoms with Crippen LogP contribution >= 0.6 is 11.8 Å². The molecule has 1 N–H and O–H groups in total. The Morgan fingerprint density at radius 2 is 2.00 bits per heavy atom. The summed E-state index contributed by atoms with van der Waals surface area (Å²) >= 11 is 1.85. The van der Waals surface area contributed by atoms with Crippen molar-refractivity contribution >= 4 is 17.7 Å². The van der Waals surface area contributed by atoms with Gasteiger partial charge in [0.1, 0.15) is 0 Å². The number of alkyl halides is 3. The summed E-state index contributed by atoms with van der Waals surface area (Å²) in [6.07, 6.45) is 1.94. The number of aromatic nitrogens is 1. The number of halogens is 3. The molecular formula is C27H33F3N4O2S. The van der Waals surface area contributed by atoms with Crippen LogP contribution in [0.3, 0.4) is 0 Å². The van der Waals surface area contributed by atoms with Gasteiger partial charge in [-0.1, -0.05) is 12.1 Å². The third-order valence-corrected chi connectivity index (χ3v) is 8.93. The van der Waals surface area contributed by atoms with Gasteiger partial charge in [0.2, 0.25) is 5.91 Å². The normalized spacial score (nSPS) is 23.6. The molecule has 200 valence electrons. The molecule has 5 rings (SSSR count). The number of benzene rings is 1. The van der Waals surface area contributed by atoms with E-state index in [1.54, 1.807) is 12.3 Å². The van der Waals surface area contributed by atoms with Gasteiger partial charge in [0.25, 0.3) is 0 Å². The fourth-order valence-electron chi connectivity index (χ4n) is 5.53. The van der Waals surface area contributed by atoms with Crippen molar-refractivity contribution in [3.63, 3.8) is 0 Å². The van der Waals surface area contributed by atoms with Crippen molar-refractivity contribution in [2.24, 2.45) is 0 Å². The molecule has 0 radical (unpaired) electrons. The zero-order chi connectivity index (χ0) is 25.8. The van der Waals surface area contributed by atoms with Crippen molar-refractivity contribution in [1.29, 1.82) is 0 Å². The first kappa shape index (κ1) is 26.5. The van der Waals surface area contributed by atoms with Gasteiger partial charge in [0.05, 0.1) is 18.2 Å². The summed E-state index contributed by atoms with van der Waals surface area (Å²) in [5.74, 6) is 0.762. The molecule has 2 atom stereocenters. The molecule has 10 heteroatoms. The van der Waals surface area contributed by atoms with Gasteiger partial charge in [-0.25, -0.2) is 0 Å². The van der Waals surface area contributed by atoms with Crippen molar-refractivity contribution in [2.75, 3.05) is 39.4 Å². The van der Waals surface area contributed by atoms with E-state index in [1.807, 2.05) is 28.9 Å². The molecule has 0 aliphatic carbocycles. The minimum atomic E-state index is -4.37. The van der Waals surface area contributed by atoms with Crippen molar-refractivity contribution in [3.8, 4) is 0 Å². The maximum absolute atomic E-state index is 13.2. The lowest BCUT2D eigenvalue weighted by Gasteiger charge is -2.31. The van der Waals surface area contributed by atoms with Gasteiger partial charge in [-0.3, -0.25) is 19.6 Å². The number of amides is 1. The number of thioether (sulfide) groups is 1. The van der Waals surface area contributed by atoms with E-state index in [9.17, 15) is 18.0 Å². The zero-order valence-electron chi connectivity index (χ0n) is 20.8. The Kier molecular flexibility index (Phi) is 8.38. The SMILES string of the molecule is O=C(CN1CCc2ccc(C(F)(F)F)cc2C1)NC1CN(C2CCOCC2)CC1SCc1cccnc1. The summed E-state index contributed by atoms with van der Waals surface area (Å²) in [4.78, 5) is 21.8. The van der Waals surface area contributed by atoms with Crippen molar-refractivity contribution in [1.82, 2.24) is 20.1 Å². The van der Waals surface area contributed by atoms with Gasteiger partial charge in [0.15, 0.2) is 0 Å². The predicted molar refractivity (Wildman–Crippen MR) is 137 cm³/mol. The minimum absolute atomic E-state index is 0.0194. The van der Waals surface area contributed by atoms with Gasteiger partial charge in [-0.05, 0) is 54.2 Å². The van der Waals surface area contributed by atoms with Crippen LogP contribution in [0.5, 0.6) is 0 Å². The number of nitrogens with zero attached hydrogens (tertiary/aromatic N) is 3. The lowest BCUT2D eigenvalue weighted by atomic mass is 9.97. The van der Waals surface area contributed by atoms with E-state index in [0.717, 1.165) is 62.1 Å². The number of fused-ring (bicyclic) bond motifs is 1. The zero-order valence-corrected chi connectivity index (χ0v) is 21.6. The van der Waals surface area contributed by atoms with E-state index in [1.165, 1.54) is 6.07 Å². The molecule has 1 aromatic carbocycles. The number of carbonyl (C=O) groups excluding carboxylic acids is 1. The fraction of sp³-hybridized carbons (Fsp3) is 0.556. The Hall–Kier alpha value is -2.14. The number of nitrogens with one attached hydrogen (secondary N) is 1. The van der Waals surface area contributed by atoms with E-state index >= 15 is 0 Å². The van der Waals surface area contributed by atoms with Crippen LogP contribution < -0.4 is 5.32 Å². The highest BCUT2D eigenvalue weighted by molar-refractivity contribution is 7.99. The van der Waals surface area contributed by atoms with Gasteiger partial charge in [0, 0.05) is 68.8 Å². The van der Waals surface area contributed by atoms with Gasteiger partial charge in [-0.15, -0.1) is 0 Å². The van der Waals surface area contributed by atoms with Crippen LogP contribution in [0.15, 0.2) is 42.7 Å². The molecule has 0 spiro atoms. The van der Waals surface area contributed by atoms with Crippen molar-refractivity contribution < 1.29 is 22.7 Å². The van der Waals surface area contributed by atoms with Crippen LogP contribution in [-0.2, 0) is 34.4 Å². The van der Waals surface area contributed by atoms with Crippen molar-refractivity contribution in [2.45, 2.75) is 55.1 Å². The average Bonchev–Trinajstić information content (AvgIpc) is 3.30. The average molecular weight is 535 g/mol. The molecule has 2 aromatic rings. The molecule has 2 unspecified atom stereocenters. The Labute approximate surface area is 219 Å². The number of hydrogen-bond acceptors (Lipinski definition) is 6. The first-order valence-electron chi connectivity index (χ1n) is 12.9. The van der Waals surface area contributed by atoms with Crippen LogP contribution in [0.4, 0.5) is 13.2 Å². The third-order valence-electron chi connectivity index (χ3n) is 7.53. The van der Waals surface area contributed by atoms with Gasteiger partial charge >= 0.3 is 6.18 Å². The van der Waals surface area contributed by atoms with Gasteiger partial charge in [-0.2, -0.15) is 24.9 Å². The van der Waals surface area contributed by atoms with Gasteiger partial charge < -0.3 is 10.1 Å². The molecule has 2 fully saturated rings. The molecule has 1 amide bonds. The Balaban J connectivity index is 1.20. The summed E-state index contributed by atoms with van der Waals surface area (Å²) in [5.41, 5.74) is 2.11. The van der Waals surface area contributed by atoms with E-state index < -0.39 is 11.7 Å². The summed E-state index contributed by atoms with van der Waals surface area (Å²) in [6.45, 7) is 4.46. The molecule has 3 aliphatic rings. The van der Waals surface area contributed by atoms with Crippen LogP contribution in [0, 0.1) is 0 Å². The Morgan fingerprint density at radius 1 is 1.16 bits per heavy atom. The fourth-order valence-corrected chi connectivity index (χ4v) is 6.79. The molecule has 0 saturated carbocycles. The maximum atomic E-state index is 13.2. The summed E-state index contributed by atoms with van der Waals surface area (Å²) in [6, 6.07) is 8.44. The van der Waals surface area contributed by atoms with Crippen molar-refractivity contribution in [3.05, 3.63) is 65.0 Å². The number of hydrogen-bond donors (Lipinski definition) is 1. The molecular weight excluding hydrogens is 501 g/mol. The van der Waals surface area contributed by atoms with E-state index in [-0.39, 0.29) is 23.7 Å². The second kappa shape index (κ2) is 11.7. The summed E-state index contributed by atoms with van der Waals surface area (Å²) < 4.78 is 45.1. The first-order valence-corrected chi connectivity index (χ1v) is 13.9. The molecule has 6 nitrogen and oxygen atoms in total. The molecule has 37 heavy (non-hydrogen) atoms. The second-order valence-corrected chi connectivity index (χ2v) is 11.4. The minimum Gasteiger partial charge on any atom is -0.381 e. The highest BCUT2D eigenvalue weighted by atomic mass is 32.2.